The highest BCUT2D eigenvalue weighted by atomic mass is 16.6. The topological polar surface area (TPSA) is 46.7 Å². The summed E-state index contributed by atoms with van der Waals surface area (Å²) in [6.07, 6.45) is 1.67. The Bertz CT molecular complexity index is 530. The predicted octanol–water partition coefficient (Wildman–Crippen LogP) is 2.17. The minimum absolute atomic E-state index is 0.000994. The fourth-order valence-electron chi connectivity index (χ4n) is 2.46. The predicted molar refractivity (Wildman–Crippen MR) is 66.3 cm³/mol. The van der Waals surface area contributed by atoms with Crippen LogP contribution in [0.15, 0.2) is 42.0 Å². The second kappa shape index (κ2) is 4.18. The van der Waals surface area contributed by atoms with Crippen LogP contribution in [0.5, 0.6) is 0 Å². The lowest BCUT2D eigenvalue weighted by Gasteiger charge is -2.16. The number of fused-ring (bicyclic) bond motifs is 1. The molecule has 0 bridgehead atoms. The van der Waals surface area contributed by atoms with Crippen molar-refractivity contribution in [1.29, 1.82) is 0 Å². The van der Waals surface area contributed by atoms with Crippen LogP contribution >= 0.6 is 0 Å². The van der Waals surface area contributed by atoms with E-state index in [0.29, 0.717) is 12.0 Å². The smallest absolute Gasteiger partial charge is 0.187 e. The minimum Gasteiger partial charge on any atom is -0.360 e. The molecule has 1 fully saturated rings. The Hall–Kier alpha value is -1.74. The highest BCUT2D eigenvalue weighted by molar-refractivity contribution is 6.01. The van der Waals surface area contributed by atoms with Gasteiger partial charge in [0, 0.05) is 17.9 Å². The highest BCUT2D eigenvalue weighted by Gasteiger charge is 2.51. The maximum atomic E-state index is 12.1. The zero-order valence-electron chi connectivity index (χ0n) is 10.1. The van der Waals surface area contributed by atoms with E-state index in [-0.39, 0.29) is 29.7 Å². The quantitative estimate of drug-likeness (QED) is 0.603. The summed E-state index contributed by atoms with van der Waals surface area (Å²) in [4.78, 5) is 23.7. The standard InChI is InChI=1S/C15H14O3/c1-9-11(8-13(17)15-14(9)18-15)7-12(16)10-5-3-2-4-6-10/h2-6,8-9,14-15H,7H2,1H3. The third kappa shape index (κ3) is 1.91. The van der Waals surface area contributed by atoms with Crippen LogP contribution < -0.4 is 0 Å². The van der Waals surface area contributed by atoms with Crippen molar-refractivity contribution in [3.8, 4) is 0 Å². The second-order valence-electron chi connectivity index (χ2n) is 4.90. The number of hydrogen-bond donors (Lipinski definition) is 0. The molecule has 1 saturated heterocycles. The summed E-state index contributed by atoms with van der Waals surface area (Å²) in [6, 6.07) is 9.17. The zero-order valence-corrected chi connectivity index (χ0v) is 10.1. The maximum Gasteiger partial charge on any atom is 0.187 e. The average Bonchev–Trinajstić information content (AvgIpc) is 3.17. The summed E-state index contributed by atoms with van der Waals surface area (Å²) < 4.78 is 5.31. The van der Waals surface area contributed by atoms with Gasteiger partial charge in [0.15, 0.2) is 11.6 Å². The molecule has 3 heteroatoms. The molecule has 1 heterocycles. The van der Waals surface area contributed by atoms with Crippen molar-refractivity contribution in [2.75, 3.05) is 0 Å². The lowest BCUT2D eigenvalue weighted by molar-refractivity contribution is -0.115. The molecule has 3 nitrogen and oxygen atoms in total. The Labute approximate surface area is 105 Å². The van der Waals surface area contributed by atoms with Gasteiger partial charge in [-0.3, -0.25) is 9.59 Å². The summed E-state index contributed by atoms with van der Waals surface area (Å²) in [5.74, 6) is 0.231. The number of carbonyl (C=O) groups excluding carboxylic acids is 2. The average molecular weight is 242 g/mol. The Balaban J connectivity index is 1.77. The van der Waals surface area contributed by atoms with Crippen LogP contribution in [0.1, 0.15) is 23.7 Å². The van der Waals surface area contributed by atoms with Gasteiger partial charge in [0.1, 0.15) is 6.10 Å². The third-order valence-electron chi connectivity index (χ3n) is 3.67. The number of Topliss-reactive ketones (excluding diaryl/α,β-unsaturated/α-hetero) is 1. The molecular formula is C15H14O3. The molecule has 3 unspecified atom stereocenters. The number of rotatable bonds is 3. The fraction of sp³-hybridized carbons (Fsp3) is 0.333. The minimum atomic E-state index is -0.240. The maximum absolute atomic E-state index is 12.1. The van der Waals surface area contributed by atoms with Crippen molar-refractivity contribution in [2.45, 2.75) is 25.6 Å². The number of benzene rings is 1. The van der Waals surface area contributed by atoms with Gasteiger partial charge in [-0.25, -0.2) is 0 Å². The fourth-order valence-corrected chi connectivity index (χ4v) is 2.46. The van der Waals surface area contributed by atoms with Gasteiger partial charge in [-0.1, -0.05) is 42.8 Å². The van der Waals surface area contributed by atoms with E-state index in [1.54, 1.807) is 18.2 Å². The number of ether oxygens (including phenoxy) is 1. The third-order valence-corrected chi connectivity index (χ3v) is 3.67. The first kappa shape index (κ1) is 11.4. The van der Waals surface area contributed by atoms with E-state index in [1.807, 2.05) is 25.1 Å². The van der Waals surface area contributed by atoms with Crippen molar-refractivity contribution >= 4 is 11.6 Å². The first-order valence-corrected chi connectivity index (χ1v) is 6.15. The van der Waals surface area contributed by atoms with Gasteiger partial charge in [-0.05, 0) is 6.08 Å². The number of hydrogen-bond acceptors (Lipinski definition) is 3. The van der Waals surface area contributed by atoms with Crippen LogP contribution in [0.25, 0.3) is 0 Å². The molecule has 92 valence electrons. The molecule has 0 radical (unpaired) electrons. The molecule has 1 aromatic rings. The van der Waals surface area contributed by atoms with Gasteiger partial charge in [0.2, 0.25) is 0 Å². The molecule has 1 aliphatic carbocycles. The zero-order chi connectivity index (χ0) is 12.7. The lowest BCUT2D eigenvalue weighted by atomic mass is 9.85. The van der Waals surface area contributed by atoms with Crippen LogP contribution in [0.3, 0.4) is 0 Å². The summed E-state index contributed by atoms with van der Waals surface area (Å²) in [7, 11) is 0. The van der Waals surface area contributed by atoms with E-state index in [2.05, 4.69) is 0 Å². The van der Waals surface area contributed by atoms with Crippen LogP contribution in [0.4, 0.5) is 0 Å². The first-order valence-electron chi connectivity index (χ1n) is 6.15. The highest BCUT2D eigenvalue weighted by Crippen LogP contribution is 2.39. The van der Waals surface area contributed by atoms with E-state index >= 15 is 0 Å². The van der Waals surface area contributed by atoms with E-state index in [9.17, 15) is 9.59 Å². The monoisotopic (exact) mass is 242 g/mol. The van der Waals surface area contributed by atoms with Gasteiger partial charge in [-0.2, -0.15) is 0 Å². The molecule has 2 aliphatic rings. The molecule has 18 heavy (non-hydrogen) atoms. The van der Waals surface area contributed by atoms with Crippen molar-refractivity contribution in [1.82, 2.24) is 0 Å². The molecular weight excluding hydrogens is 228 g/mol. The van der Waals surface area contributed by atoms with Crippen molar-refractivity contribution in [3.05, 3.63) is 47.5 Å². The van der Waals surface area contributed by atoms with Crippen LogP contribution in [-0.2, 0) is 9.53 Å². The van der Waals surface area contributed by atoms with E-state index in [1.165, 1.54) is 0 Å². The molecule has 3 rings (SSSR count). The van der Waals surface area contributed by atoms with Gasteiger partial charge in [0.25, 0.3) is 0 Å². The van der Waals surface area contributed by atoms with Crippen LogP contribution in [-0.4, -0.2) is 23.8 Å². The van der Waals surface area contributed by atoms with E-state index in [0.717, 1.165) is 5.57 Å². The summed E-state index contributed by atoms with van der Waals surface area (Å²) in [5, 5.41) is 0. The molecule has 0 spiro atoms. The van der Waals surface area contributed by atoms with Gasteiger partial charge in [-0.15, -0.1) is 0 Å². The normalized spacial score (nSPS) is 29.5. The molecule has 3 atom stereocenters. The van der Waals surface area contributed by atoms with Crippen LogP contribution in [0, 0.1) is 5.92 Å². The molecule has 0 aromatic heterocycles. The van der Waals surface area contributed by atoms with E-state index in [4.69, 9.17) is 4.74 Å². The number of carbonyl (C=O) groups is 2. The summed E-state index contributed by atoms with van der Waals surface area (Å²) >= 11 is 0. The Kier molecular flexibility index (Phi) is 2.63. The van der Waals surface area contributed by atoms with Gasteiger partial charge in [0.05, 0.1) is 6.10 Å². The second-order valence-corrected chi connectivity index (χ2v) is 4.90. The largest absolute Gasteiger partial charge is 0.360 e. The molecule has 0 N–H and O–H groups in total. The van der Waals surface area contributed by atoms with E-state index < -0.39 is 0 Å². The van der Waals surface area contributed by atoms with Gasteiger partial charge < -0.3 is 4.74 Å². The Morgan fingerprint density at radius 3 is 2.72 bits per heavy atom. The van der Waals surface area contributed by atoms with Crippen molar-refractivity contribution in [2.24, 2.45) is 5.92 Å². The first-order chi connectivity index (χ1) is 8.66. The molecule has 0 saturated carbocycles. The lowest BCUT2D eigenvalue weighted by Crippen LogP contribution is -2.22. The summed E-state index contributed by atoms with van der Waals surface area (Å²) in [6.45, 7) is 2.02. The number of epoxide rings is 1. The van der Waals surface area contributed by atoms with Crippen molar-refractivity contribution < 1.29 is 14.3 Å². The SMILES string of the molecule is CC1C(CC(=O)c2ccccc2)=CC(=O)C2OC12. The van der Waals surface area contributed by atoms with Crippen molar-refractivity contribution in [3.63, 3.8) is 0 Å². The van der Waals surface area contributed by atoms with Gasteiger partial charge >= 0.3 is 0 Å². The molecule has 0 amide bonds. The number of ketones is 2. The summed E-state index contributed by atoms with van der Waals surface area (Å²) in [5.41, 5.74) is 1.59. The Morgan fingerprint density at radius 1 is 1.28 bits per heavy atom. The van der Waals surface area contributed by atoms with Crippen LogP contribution in [0.2, 0.25) is 0 Å². The Morgan fingerprint density at radius 2 is 2.00 bits per heavy atom. The molecule has 1 aromatic carbocycles. The molecule has 1 aliphatic heterocycles.